The van der Waals surface area contributed by atoms with Gasteiger partial charge in [-0.15, -0.1) is 0 Å². The maximum Gasteiger partial charge on any atom is 0.310 e. The van der Waals surface area contributed by atoms with Gasteiger partial charge in [-0.2, -0.15) is 0 Å². The molecule has 19 heavy (non-hydrogen) atoms. The number of carbonyl (C=O) groups is 1. The van der Waals surface area contributed by atoms with Crippen LogP contribution in [0, 0.1) is 17.8 Å². The smallest absolute Gasteiger partial charge is 0.310 e. The lowest BCUT2D eigenvalue weighted by Gasteiger charge is -2.11. The summed E-state index contributed by atoms with van der Waals surface area (Å²) < 4.78 is 0. The normalized spacial score (nSPS) is 14.7. The topological polar surface area (TPSA) is 37.3 Å². The molecule has 2 atom stereocenters. The summed E-state index contributed by atoms with van der Waals surface area (Å²) in [4.78, 5) is 11.3. The highest BCUT2D eigenvalue weighted by atomic mass is 16.4. The lowest BCUT2D eigenvalue weighted by molar-refractivity contribution is -0.140. The summed E-state index contributed by atoms with van der Waals surface area (Å²) in [7, 11) is 0. The molecule has 2 nitrogen and oxygen atoms in total. The zero-order chi connectivity index (χ0) is 14.3. The molecule has 1 N–H and O–H groups in total. The molecular formula is C17H24O2. The van der Waals surface area contributed by atoms with E-state index in [0.29, 0.717) is 18.3 Å². The monoisotopic (exact) mass is 260 g/mol. The third kappa shape index (κ3) is 6.23. The zero-order valence-electron chi connectivity index (χ0n) is 12.0. The molecule has 0 spiro atoms. The Kier molecular flexibility index (Phi) is 6.34. The zero-order valence-corrected chi connectivity index (χ0v) is 12.0. The molecule has 0 bridgehead atoms. The number of hydrogen-bond acceptors (Lipinski definition) is 1. The fourth-order valence-corrected chi connectivity index (χ4v) is 2.25. The quantitative estimate of drug-likeness (QED) is 0.747. The van der Waals surface area contributed by atoms with Gasteiger partial charge in [0.25, 0.3) is 0 Å². The van der Waals surface area contributed by atoms with Gasteiger partial charge in [0.1, 0.15) is 0 Å². The number of benzene rings is 1. The number of aliphatic carboxylic acids is 1. The molecule has 1 aromatic carbocycles. The Hall–Kier alpha value is -1.57. The minimum Gasteiger partial charge on any atom is -0.481 e. The number of hydrogen-bond donors (Lipinski definition) is 1. The van der Waals surface area contributed by atoms with Crippen molar-refractivity contribution in [1.29, 1.82) is 0 Å². The highest BCUT2D eigenvalue weighted by Crippen LogP contribution is 2.16. The van der Waals surface area contributed by atoms with Crippen LogP contribution in [0.4, 0.5) is 0 Å². The minimum atomic E-state index is -0.753. The number of carboxylic acid groups (broad SMARTS) is 1. The lowest BCUT2D eigenvalue weighted by Crippen LogP contribution is -2.14. The Morgan fingerprint density at radius 2 is 1.79 bits per heavy atom. The van der Waals surface area contributed by atoms with Gasteiger partial charge in [0.2, 0.25) is 0 Å². The molecule has 0 aliphatic heterocycles. The summed E-state index contributed by atoms with van der Waals surface area (Å²) >= 11 is 0. The molecule has 0 heterocycles. The second-order valence-corrected chi connectivity index (χ2v) is 5.63. The molecule has 0 amide bonds. The minimum absolute atomic E-state index is 0.428. The summed E-state index contributed by atoms with van der Waals surface area (Å²) in [5.41, 5.74) is 1.07. The van der Waals surface area contributed by atoms with Crippen molar-refractivity contribution in [3.05, 3.63) is 48.0 Å². The lowest BCUT2D eigenvalue weighted by atomic mass is 9.94. The molecule has 0 fully saturated rings. The first-order chi connectivity index (χ1) is 8.99. The van der Waals surface area contributed by atoms with Gasteiger partial charge in [-0.1, -0.05) is 63.3 Å². The third-order valence-electron chi connectivity index (χ3n) is 3.13. The Morgan fingerprint density at radius 3 is 2.32 bits per heavy atom. The van der Waals surface area contributed by atoms with E-state index in [1.54, 1.807) is 0 Å². The van der Waals surface area contributed by atoms with E-state index in [-0.39, 0.29) is 0 Å². The first-order valence-electron chi connectivity index (χ1n) is 6.94. The Labute approximate surface area is 116 Å². The first-order valence-corrected chi connectivity index (χ1v) is 6.94. The average molecular weight is 260 g/mol. The fraction of sp³-hybridized carbons (Fsp3) is 0.471. The van der Waals surface area contributed by atoms with Gasteiger partial charge in [-0.25, -0.2) is 0 Å². The van der Waals surface area contributed by atoms with Crippen LogP contribution in [0.15, 0.2) is 42.5 Å². The van der Waals surface area contributed by atoms with E-state index in [2.05, 4.69) is 20.8 Å². The van der Waals surface area contributed by atoms with Gasteiger partial charge < -0.3 is 5.11 Å². The Morgan fingerprint density at radius 1 is 1.16 bits per heavy atom. The second kappa shape index (κ2) is 7.78. The van der Waals surface area contributed by atoms with E-state index in [0.717, 1.165) is 12.0 Å². The van der Waals surface area contributed by atoms with Gasteiger partial charge in [0.05, 0.1) is 5.92 Å². The molecule has 0 saturated heterocycles. The van der Waals surface area contributed by atoms with Crippen LogP contribution in [0.3, 0.4) is 0 Å². The summed E-state index contributed by atoms with van der Waals surface area (Å²) in [6, 6.07) is 9.78. The van der Waals surface area contributed by atoms with Crippen LogP contribution >= 0.6 is 0 Å². The van der Waals surface area contributed by atoms with Crippen molar-refractivity contribution in [3.8, 4) is 0 Å². The van der Waals surface area contributed by atoms with Crippen molar-refractivity contribution < 1.29 is 9.90 Å². The van der Waals surface area contributed by atoms with Crippen molar-refractivity contribution in [2.45, 2.75) is 33.6 Å². The summed E-state index contributed by atoms with van der Waals surface area (Å²) in [5.74, 6) is -0.122. The Balaban J connectivity index is 2.63. The van der Waals surface area contributed by atoms with Gasteiger partial charge in [-0.3, -0.25) is 4.79 Å². The molecule has 1 rings (SSSR count). The van der Waals surface area contributed by atoms with Gasteiger partial charge in [0.15, 0.2) is 0 Å². The predicted molar refractivity (Wildman–Crippen MR) is 79.0 cm³/mol. The number of carboxylic acids is 1. The van der Waals surface area contributed by atoms with E-state index >= 15 is 0 Å². The molecule has 0 aliphatic carbocycles. The van der Waals surface area contributed by atoms with E-state index in [1.165, 1.54) is 0 Å². The van der Waals surface area contributed by atoms with Gasteiger partial charge in [-0.05, 0) is 30.2 Å². The largest absolute Gasteiger partial charge is 0.481 e. The van der Waals surface area contributed by atoms with Crippen molar-refractivity contribution >= 4 is 5.97 Å². The molecule has 0 aromatic heterocycles. The van der Waals surface area contributed by atoms with Crippen molar-refractivity contribution in [2.24, 2.45) is 17.8 Å². The van der Waals surface area contributed by atoms with Crippen LogP contribution in [-0.4, -0.2) is 11.1 Å². The fourth-order valence-electron chi connectivity index (χ4n) is 2.25. The molecule has 1 unspecified atom stereocenters. The van der Waals surface area contributed by atoms with Crippen LogP contribution < -0.4 is 0 Å². The predicted octanol–water partition coefficient (Wildman–Crippen LogP) is 4.17. The van der Waals surface area contributed by atoms with E-state index in [4.69, 9.17) is 0 Å². The first kappa shape index (κ1) is 15.5. The highest BCUT2D eigenvalue weighted by molar-refractivity contribution is 5.72. The van der Waals surface area contributed by atoms with Crippen LogP contribution in [0.2, 0.25) is 0 Å². The van der Waals surface area contributed by atoms with Gasteiger partial charge in [0, 0.05) is 0 Å². The van der Waals surface area contributed by atoms with E-state index in [9.17, 15) is 9.90 Å². The van der Waals surface area contributed by atoms with Crippen LogP contribution in [-0.2, 0) is 11.2 Å². The second-order valence-electron chi connectivity index (χ2n) is 5.63. The standard InChI is InChI=1S/C17H24O2/c1-13(2)11-14(3)9-10-16(17(18)19)12-15-7-5-4-6-8-15/h4-10,13-14,16H,11-12H2,1-3H3,(H,18,19)/b10-9+/t14?,16-/m1/s1. The van der Waals surface area contributed by atoms with Crippen LogP contribution in [0.5, 0.6) is 0 Å². The van der Waals surface area contributed by atoms with Crippen molar-refractivity contribution in [2.75, 3.05) is 0 Å². The Bertz CT molecular complexity index is 407. The van der Waals surface area contributed by atoms with Crippen LogP contribution in [0.1, 0.15) is 32.8 Å². The maximum absolute atomic E-state index is 11.3. The number of allylic oxidation sites excluding steroid dienone is 1. The van der Waals surface area contributed by atoms with E-state index < -0.39 is 11.9 Å². The molecule has 0 aliphatic rings. The summed E-state index contributed by atoms with van der Waals surface area (Å²) in [6.45, 7) is 6.50. The van der Waals surface area contributed by atoms with E-state index in [1.807, 2.05) is 42.5 Å². The average Bonchev–Trinajstić information content (AvgIpc) is 2.34. The maximum atomic E-state index is 11.3. The summed E-state index contributed by atoms with van der Waals surface area (Å²) in [5, 5.41) is 9.28. The molecule has 0 radical (unpaired) electrons. The molecular weight excluding hydrogens is 236 g/mol. The molecule has 1 aromatic rings. The molecule has 0 saturated carbocycles. The SMILES string of the molecule is CC(C)CC(C)/C=C/[C@H](Cc1ccccc1)C(=O)O. The van der Waals surface area contributed by atoms with Crippen molar-refractivity contribution in [3.63, 3.8) is 0 Å². The van der Waals surface area contributed by atoms with Gasteiger partial charge >= 0.3 is 5.97 Å². The molecule has 2 heteroatoms. The summed E-state index contributed by atoms with van der Waals surface area (Å²) in [6.07, 6.45) is 5.54. The van der Waals surface area contributed by atoms with Crippen LogP contribution in [0.25, 0.3) is 0 Å². The highest BCUT2D eigenvalue weighted by Gasteiger charge is 2.14. The number of rotatable bonds is 7. The molecule has 104 valence electrons. The van der Waals surface area contributed by atoms with Crippen molar-refractivity contribution in [1.82, 2.24) is 0 Å². The third-order valence-corrected chi connectivity index (χ3v) is 3.13.